The fraction of sp³-hybridized carbons (Fsp3) is 0.750. The summed E-state index contributed by atoms with van der Waals surface area (Å²) in [6, 6.07) is 0. The molecule has 6 heteroatoms. The van der Waals surface area contributed by atoms with Gasteiger partial charge in [-0.3, -0.25) is 4.90 Å². The SMILES string of the molecule is CCOCCN(C)Cc1nnsc1Cl. The van der Waals surface area contributed by atoms with Crippen LogP contribution in [0.3, 0.4) is 0 Å². The lowest BCUT2D eigenvalue weighted by atomic mass is 10.4. The van der Waals surface area contributed by atoms with Crippen LogP contribution in [-0.4, -0.2) is 41.3 Å². The maximum absolute atomic E-state index is 5.88. The first kappa shape index (κ1) is 11.8. The van der Waals surface area contributed by atoms with Crippen LogP contribution in [0.2, 0.25) is 4.34 Å². The molecule has 1 aromatic rings. The van der Waals surface area contributed by atoms with Crippen molar-refractivity contribution in [1.29, 1.82) is 0 Å². The van der Waals surface area contributed by atoms with Crippen LogP contribution in [-0.2, 0) is 11.3 Å². The molecule has 0 N–H and O–H groups in total. The minimum atomic E-state index is 0.674. The number of aromatic nitrogens is 2. The van der Waals surface area contributed by atoms with Gasteiger partial charge in [-0.25, -0.2) is 0 Å². The van der Waals surface area contributed by atoms with Gasteiger partial charge in [0, 0.05) is 31.2 Å². The zero-order chi connectivity index (χ0) is 10.4. The summed E-state index contributed by atoms with van der Waals surface area (Å²) in [5.74, 6) is 0. The third-order valence-corrected chi connectivity index (χ3v) is 2.73. The molecule has 0 aliphatic carbocycles. The molecule has 0 unspecified atom stereocenters. The van der Waals surface area contributed by atoms with Gasteiger partial charge in [0.15, 0.2) is 0 Å². The van der Waals surface area contributed by atoms with Crippen molar-refractivity contribution in [3.63, 3.8) is 0 Å². The molecule has 0 amide bonds. The minimum absolute atomic E-state index is 0.674. The highest BCUT2D eigenvalue weighted by molar-refractivity contribution is 7.10. The van der Waals surface area contributed by atoms with Gasteiger partial charge in [0.05, 0.1) is 6.61 Å². The minimum Gasteiger partial charge on any atom is -0.380 e. The smallest absolute Gasteiger partial charge is 0.138 e. The lowest BCUT2D eigenvalue weighted by Gasteiger charge is -2.14. The third-order valence-electron chi connectivity index (χ3n) is 1.75. The van der Waals surface area contributed by atoms with Crippen LogP contribution in [0.4, 0.5) is 0 Å². The van der Waals surface area contributed by atoms with E-state index >= 15 is 0 Å². The Morgan fingerprint density at radius 2 is 2.36 bits per heavy atom. The maximum atomic E-state index is 5.88. The van der Waals surface area contributed by atoms with E-state index in [2.05, 4.69) is 14.5 Å². The Balaban J connectivity index is 2.27. The lowest BCUT2D eigenvalue weighted by Crippen LogP contribution is -2.23. The Hall–Kier alpha value is -0.230. The van der Waals surface area contributed by atoms with E-state index in [0.717, 1.165) is 32.0 Å². The van der Waals surface area contributed by atoms with Crippen molar-refractivity contribution in [1.82, 2.24) is 14.5 Å². The van der Waals surface area contributed by atoms with E-state index in [0.29, 0.717) is 4.34 Å². The summed E-state index contributed by atoms with van der Waals surface area (Å²) in [5.41, 5.74) is 0.843. The standard InChI is InChI=1S/C8H14ClN3OS/c1-3-13-5-4-12(2)6-7-8(9)14-11-10-7/h3-6H2,1-2H3. The Kier molecular flexibility index (Phi) is 5.32. The molecule has 0 aromatic carbocycles. The van der Waals surface area contributed by atoms with Crippen LogP contribution in [0, 0.1) is 0 Å². The molecule has 4 nitrogen and oxygen atoms in total. The normalized spacial score (nSPS) is 11.1. The molecular weight excluding hydrogens is 222 g/mol. The second kappa shape index (κ2) is 6.29. The zero-order valence-electron chi connectivity index (χ0n) is 8.36. The van der Waals surface area contributed by atoms with Gasteiger partial charge in [-0.1, -0.05) is 16.1 Å². The van der Waals surface area contributed by atoms with Gasteiger partial charge in [0.25, 0.3) is 0 Å². The number of hydrogen-bond acceptors (Lipinski definition) is 5. The fourth-order valence-corrected chi connectivity index (χ4v) is 1.60. The highest BCUT2D eigenvalue weighted by atomic mass is 35.5. The van der Waals surface area contributed by atoms with Crippen molar-refractivity contribution in [3.8, 4) is 0 Å². The molecule has 0 spiro atoms. The predicted molar refractivity (Wildman–Crippen MR) is 57.7 cm³/mol. The molecule has 1 heterocycles. The van der Waals surface area contributed by atoms with E-state index in [9.17, 15) is 0 Å². The number of ether oxygens (including phenoxy) is 1. The first-order valence-electron chi connectivity index (χ1n) is 4.47. The van der Waals surface area contributed by atoms with Crippen LogP contribution < -0.4 is 0 Å². The van der Waals surface area contributed by atoms with Gasteiger partial charge >= 0.3 is 0 Å². The highest BCUT2D eigenvalue weighted by Gasteiger charge is 2.07. The molecule has 14 heavy (non-hydrogen) atoms. The average molecular weight is 236 g/mol. The van der Waals surface area contributed by atoms with Crippen LogP contribution in [0.1, 0.15) is 12.6 Å². The highest BCUT2D eigenvalue weighted by Crippen LogP contribution is 2.18. The van der Waals surface area contributed by atoms with Crippen molar-refractivity contribution >= 4 is 23.1 Å². The monoisotopic (exact) mass is 235 g/mol. The number of likely N-dealkylation sites (N-methyl/N-ethyl adjacent to an activating group) is 1. The zero-order valence-corrected chi connectivity index (χ0v) is 9.94. The fourth-order valence-electron chi connectivity index (χ4n) is 0.991. The Morgan fingerprint density at radius 1 is 1.57 bits per heavy atom. The molecule has 0 aliphatic rings. The second-order valence-corrected chi connectivity index (χ2v) is 4.28. The summed E-state index contributed by atoms with van der Waals surface area (Å²) in [7, 11) is 2.01. The topological polar surface area (TPSA) is 38.2 Å². The summed E-state index contributed by atoms with van der Waals surface area (Å²) in [6.07, 6.45) is 0. The average Bonchev–Trinajstić information content (AvgIpc) is 2.52. The van der Waals surface area contributed by atoms with Crippen LogP contribution in [0.5, 0.6) is 0 Å². The Labute approximate surface area is 93.0 Å². The Morgan fingerprint density at radius 3 is 2.93 bits per heavy atom. The lowest BCUT2D eigenvalue weighted by molar-refractivity contribution is 0.120. The predicted octanol–water partition coefficient (Wildman–Crippen LogP) is 1.66. The molecule has 0 fully saturated rings. The van der Waals surface area contributed by atoms with E-state index in [4.69, 9.17) is 16.3 Å². The number of nitrogens with zero attached hydrogens (tertiary/aromatic N) is 3. The molecule has 0 radical (unpaired) electrons. The van der Waals surface area contributed by atoms with Gasteiger partial charge in [-0.2, -0.15) is 0 Å². The van der Waals surface area contributed by atoms with E-state index in [1.807, 2.05) is 14.0 Å². The quantitative estimate of drug-likeness (QED) is 0.703. The summed E-state index contributed by atoms with van der Waals surface area (Å²) >= 11 is 7.10. The number of halogens is 1. The molecule has 0 saturated heterocycles. The summed E-state index contributed by atoms with van der Waals surface area (Å²) < 4.78 is 9.69. The van der Waals surface area contributed by atoms with E-state index in [-0.39, 0.29) is 0 Å². The molecule has 1 rings (SSSR count). The van der Waals surface area contributed by atoms with E-state index < -0.39 is 0 Å². The van der Waals surface area contributed by atoms with Crippen LogP contribution in [0.25, 0.3) is 0 Å². The molecular formula is C8H14ClN3OS. The molecule has 0 aliphatic heterocycles. The maximum Gasteiger partial charge on any atom is 0.138 e. The summed E-state index contributed by atoms with van der Waals surface area (Å²) in [4.78, 5) is 2.11. The van der Waals surface area contributed by atoms with Crippen molar-refractivity contribution in [2.75, 3.05) is 26.8 Å². The number of rotatable bonds is 6. The first-order valence-corrected chi connectivity index (χ1v) is 5.62. The van der Waals surface area contributed by atoms with Gasteiger partial charge in [-0.15, -0.1) is 5.10 Å². The Bertz CT molecular complexity index is 269. The third kappa shape index (κ3) is 3.88. The van der Waals surface area contributed by atoms with E-state index in [1.165, 1.54) is 11.5 Å². The summed E-state index contributed by atoms with van der Waals surface area (Å²) in [6.45, 7) is 5.08. The van der Waals surface area contributed by atoms with Gasteiger partial charge in [-0.05, 0) is 14.0 Å². The molecule has 0 saturated carbocycles. The number of hydrogen-bond donors (Lipinski definition) is 0. The van der Waals surface area contributed by atoms with Crippen molar-refractivity contribution < 1.29 is 4.74 Å². The molecule has 0 bridgehead atoms. The van der Waals surface area contributed by atoms with Gasteiger partial charge < -0.3 is 4.74 Å². The largest absolute Gasteiger partial charge is 0.380 e. The van der Waals surface area contributed by atoms with Crippen LogP contribution in [0.15, 0.2) is 0 Å². The van der Waals surface area contributed by atoms with Gasteiger partial charge in [0.1, 0.15) is 10.0 Å². The van der Waals surface area contributed by atoms with Crippen molar-refractivity contribution in [2.24, 2.45) is 0 Å². The summed E-state index contributed by atoms with van der Waals surface area (Å²) in [5, 5.41) is 3.94. The molecule has 80 valence electrons. The van der Waals surface area contributed by atoms with E-state index in [1.54, 1.807) is 0 Å². The van der Waals surface area contributed by atoms with Crippen LogP contribution >= 0.6 is 23.1 Å². The molecule has 0 atom stereocenters. The molecule has 1 aromatic heterocycles. The second-order valence-electron chi connectivity index (χ2n) is 2.93. The van der Waals surface area contributed by atoms with Crippen molar-refractivity contribution in [2.45, 2.75) is 13.5 Å². The first-order chi connectivity index (χ1) is 6.74. The van der Waals surface area contributed by atoms with Crippen molar-refractivity contribution in [3.05, 3.63) is 10.0 Å². The van der Waals surface area contributed by atoms with Gasteiger partial charge in [0.2, 0.25) is 0 Å².